The number of fused-ring (bicyclic) bond motifs is 1. The van der Waals surface area contributed by atoms with E-state index in [0.29, 0.717) is 34.7 Å². The maximum absolute atomic E-state index is 13.0. The van der Waals surface area contributed by atoms with Gasteiger partial charge in [-0.3, -0.25) is 23.7 Å². The molecule has 160 valence electrons. The number of carbonyl (C=O) groups is 1. The average molecular weight is 421 g/mol. The van der Waals surface area contributed by atoms with Crippen molar-refractivity contribution >= 4 is 16.9 Å². The molecule has 0 bridgehead atoms. The van der Waals surface area contributed by atoms with Gasteiger partial charge in [-0.1, -0.05) is 13.0 Å². The molecular formula is C22H23N5O4. The van der Waals surface area contributed by atoms with Gasteiger partial charge in [-0.15, -0.1) is 0 Å². The van der Waals surface area contributed by atoms with Crippen molar-refractivity contribution in [1.29, 1.82) is 0 Å². The second-order valence-electron chi connectivity index (χ2n) is 7.34. The summed E-state index contributed by atoms with van der Waals surface area (Å²) >= 11 is 0. The van der Waals surface area contributed by atoms with Gasteiger partial charge in [-0.2, -0.15) is 0 Å². The molecule has 0 aliphatic rings. The quantitative estimate of drug-likeness (QED) is 0.513. The van der Waals surface area contributed by atoms with Crippen LogP contribution in [0, 0.1) is 0 Å². The molecule has 31 heavy (non-hydrogen) atoms. The number of carbonyl (C=O) groups excluding carboxylic acids is 1. The van der Waals surface area contributed by atoms with Gasteiger partial charge < -0.3 is 14.3 Å². The lowest BCUT2D eigenvalue weighted by Gasteiger charge is -2.12. The molecule has 1 N–H and O–H groups in total. The minimum Gasteiger partial charge on any atom is -0.463 e. The number of hydrogen-bond donors (Lipinski definition) is 1. The minimum atomic E-state index is -0.428. The van der Waals surface area contributed by atoms with Crippen molar-refractivity contribution in [2.45, 2.75) is 26.4 Å². The Bertz CT molecular complexity index is 1360. The van der Waals surface area contributed by atoms with E-state index in [1.165, 1.54) is 11.6 Å². The zero-order valence-corrected chi connectivity index (χ0v) is 17.6. The first-order chi connectivity index (χ1) is 14.9. The minimum absolute atomic E-state index is 0.273. The lowest BCUT2D eigenvalue weighted by Crippen LogP contribution is -2.37. The number of furan rings is 1. The SMILES string of the molecule is CCCn1c(C(=O)NCc2ccc(-c3ccco3)nc2)cc2c(=O)n(C)c(=O)n(C)c21. The summed E-state index contributed by atoms with van der Waals surface area (Å²) in [5.74, 6) is 0.348. The Kier molecular flexibility index (Phi) is 5.33. The molecule has 0 saturated carbocycles. The molecule has 0 fully saturated rings. The van der Waals surface area contributed by atoms with Crippen LogP contribution in [0.5, 0.6) is 0 Å². The molecule has 9 nitrogen and oxygen atoms in total. The Hall–Kier alpha value is -3.88. The predicted molar refractivity (Wildman–Crippen MR) is 116 cm³/mol. The van der Waals surface area contributed by atoms with E-state index in [4.69, 9.17) is 4.42 Å². The monoisotopic (exact) mass is 421 g/mol. The third-order valence-electron chi connectivity index (χ3n) is 5.23. The summed E-state index contributed by atoms with van der Waals surface area (Å²) in [5, 5.41) is 3.22. The van der Waals surface area contributed by atoms with Gasteiger partial charge in [-0.05, 0) is 36.2 Å². The van der Waals surface area contributed by atoms with Crippen LogP contribution in [-0.2, 0) is 27.2 Å². The molecule has 0 aromatic carbocycles. The average Bonchev–Trinajstić information content (AvgIpc) is 3.44. The van der Waals surface area contributed by atoms with Crippen LogP contribution in [0.2, 0.25) is 0 Å². The molecule has 9 heteroatoms. The van der Waals surface area contributed by atoms with Crippen LogP contribution in [0.4, 0.5) is 0 Å². The molecule has 0 saturated heterocycles. The summed E-state index contributed by atoms with van der Waals surface area (Å²) in [5.41, 5.74) is 1.48. The zero-order valence-electron chi connectivity index (χ0n) is 17.6. The second-order valence-corrected chi connectivity index (χ2v) is 7.34. The highest BCUT2D eigenvalue weighted by Gasteiger charge is 2.20. The fourth-order valence-electron chi connectivity index (χ4n) is 3.65. The van der Waals surface area contributed by atoms with Crippen LogP contribution < -0.4 is 16.6 Å². The molecule has 4 aromatic rings. The van der Waals surface area contributed by atoms with Crippen molar-refractivity contribution in [2.24, 2.45) is 14.1 Å². The molecule has 0 aliphatic heterocycles. The first kappa shape index (κ1) is 20.4. The predicted octanol–water partition coefficient (Wildman–Crippen LogP) is 2.03. The van der Waals surface area contributed by atoms with E-state index in [9.17, 15) is 14.4 Å². The van der Waals surface area contributed by atoms with Gasteiger partial charge in [0.05, 0.1) is 11.6 Å². The first-order valence-electron chi connectivity index (χ1n) is 9.98. The van der Waals surface area contributed by atoms with E-state index in [-0.39, 0.29) is 12.5 Å². The van der Waals surface area contributed by atoms with Gasteiger partial charge in [0.2, 0.25) is 0 Å². The molecule has 4 aromatic heterocycles. The van der Waals surface area contributed by atoms with E-state index in [1.807, 2.05) is 25.1 Å². The highest BCUT2D eigenvalue weighted by atomic mass is 16.3. The number of nitrogens with one attached hydrogen (secondary N) is 1. The molecule has 4 rings (SSSR count). The summed E-state index contributed by atoms with van der Waals surface area (Å²) in [6.45, 7) is 2.75. The van der Waals surface area contributed by atoms with Gasteiger partial charge in [0.15, 0.2) is 5.76 Å². The van der Waals surface area contributed by atoms with E-state index < -0.39 is 11.2 Å². The number of rotatable bonds is 6. The Balaban J connectivity index is 1.62. The number of aryl methyl sites for hydroxylation is 2. The fourth-order valence-corrected chi connectivity index (χ4v) is 3.65. The van der Waals surface area contributed by atoms with Crippen LogP contribution in [0.3, 0.4) is 0 Å². The van der Waals surface area contributed by atoms with Crippen LogP contribution >= 0.6 is 0 Å². The third kappa shape index (κ3) is 3.58. The molecule has 0 unspecified atom stereocenters. The van der Waals surface area contributed by atoms with Crippen molar-refractivity contribution in [2.75, 3.05) is 0 Å². The standard InChI is InChI=1S/C22H23N5O4/c1-4-9-27-17(11-15-20(27)25(2)22(30)26(3)21(15)29)19(28)24-13-14-7-8-16(23-12-14)18-6-5-10-31-18/h5-8,10-12H,4,9,13H2,1-3H3,(H,24,28). The smallest absolute Gasteiger partial charge is 0.332 e. The highest BCUT2D eigenvalue weighted by molar-refractivity contribution is 5.97. The van der Waals surface area contributed by atoms with Crippen molar-refractivity contribution in [3.63, 3.8) is 0 Å². The number of hydrogen-bond acceptors (Lipinski definition) is 5. The Labute approximate surface area is 177 Å². The number of nitrogens with zero attached hydrogens (tertiary/aromatic N) is 4. The van der Waals surface area contributed by atoms with Gasteiger partial charge in [0.25, 0.3) is 11.5 Å². The first-order valence-corrected chi connectivity index (χ1v) is 9.98. The molecule has 1 amide bonds. The summed E-state index contributed by atoms with van der Waals surface area (Å²) < 4.78 is 9.51. The second kappa shape index (κ2) is 8.10. The van der Waals surface area contributed by atoms with Crippen LogP contribution in [0.25, 0.3) is 22.5 Å². The number of aromatic nitrogens is 4. The summed E-state index contributed by atoms with van der Waals surface area (Å²) in [6.07, 6.45) is 4.01. The van der Waals surface area contributed by atoms with Gasteiger partial charge in [0.1, 0.15) is 17.0 Å². The van der Waals surface area contributed by atoms with Crippen molar-refractivity contribution < 1.29 is 9.21 Å². The summed E-state index contributed by atoms with van der Waals surface area (Å²) in [7, 11) is 3.03. The summed E-state index contributed by atoms with van der Waals surface area (Å²) in [4.78, 5) is 42.3. The van der Waals surface area contributed by atoms with Gasteiger partial charge >= 0.3 is 5.69 Å². The van der Waals surface area contributed by atoms with Crippen molar-refractivity contribution in [3.8, 4) is 11.5 Å². The molecule has 0 aliphatic carbocycles. The topological polar surface area (TPSA) is 104 Å². The molecule has 4 heterocycles. The lowest BCUT2D eigenvalue weighted by atomic mass is 10.2. The number of pyridine rings is 1. The number of amides is 1. The van der Waals surface area contributed by atoms with Gasteiger partial charge in [-0.25, -0.2) is 4.79 Å². The Morgan fingerprint density at radius 3 is 2.61 bits per heavy atom. The molecule has 0 spiro atoms. The summed E-state index contributed by atoms with van der Waals surface area (Å²) in [6, 6.07) is 8.87. The van der Waals surface area contributed by atoms with E-state index in [2.05, 4.69) is 10.3 Å². The van der Waals surface area contributed by atoms with Crippen LogP contribution in [0.15, 0.2) is 56.8 Å². The largest absolute Gasteiger partial charge is 0.463 e. The van der Waals surface area contributed by atoms with Crippen molar-refractivity contribution in [1.82, 2.24) is 24.0 Å². The zero-order chi connectivity index (χ0) is 22.1. The Morgan fingerprint density at radius 1 is 1.16 bits per heavy atom. The third-order valence-corrected chi connectivity index (χ3v) is 5.23. The maximum atomic E-state index is 13.0. The van der Waals surface area contributed by atoms with E-state index in [1.54, 1.807) is 36.2 Å². The normalized spacial score (nSPS) is 11.2. The lowest BCUT2D eigenvalue weighted by molar-refractivity contribution is 0.0942. The fraction of sp³-hybridized carbons (Fsp3) is 0.273. The Morgan fingerprint density at radius 2 is 1.97 bits per heavy atom. The molecule has 0 radical (unpaired) electrons. The highest BCUT2D eigenvalue weighted by Crippen LogP contribution is 2.18. The van der Waals surface area contributed by atoms with Crippen molar-refractivity contribution in [3.05, 3.63) is 74.9 Å². The van der Waals surface area contributed by atoms with Gasteiger partial charge in [0, 0.05) is 33.4 Å². The van der Waals surface area contributed by atoms with Crippen LogP contribution in [-0.4, -0.2) is 24.6 Å². The van der Waals surface area contributed by atoms with E-state index >= 15 is 0 Å². The maximum Gasteiger partial charge on any atom is 0.332 e. The van der Waals surface area contributed by atoms with Crippen LogP contribution in [0.1, 0.15) is 29.4 Å². The molecular weight excluding hydrogens is 398 g/mol. The van der Waals surface area contributed by atoms with E-state index in [0.717, 1.165) is 16.6 Å². The molecule has 0 atom stereocenters.